The molecule has 10 heteroatoms. The SMILES string of the molecule is CC1CC(C(=O)Nc2nc(-c3ccccc3)cn2C(C)C)CCS1.O=C(O)C(F)(F)F. The summed E-state index contributed by atoms with van der Waals surface area (Å²) in [6, 6.07) is 10.3. The summed E-state index contributed by atoms with van der Waals surface area (Å²) >= 11 is 1.95. The maximum absolute atomic E-state index is 12.7. The second-order valence-corrected chi connectivity index (χ2v) is 9.06. The van der Waals surface area contributed by atoms with Crippen LogP contribution in [0.5, 0.6) is 0 Å². The minimum atomic E-state index is -5.08. The van der Waals surface area contributed by atoms with Crippen LogP contribution in [0, 0.1) is 5.92 Å². The summed E-state index contributed by atoms with van der Waals surface area (Å²) in [5.41, 5.74) is 1.96. The summed E-state index contributed by atoms with van der Waals surface area (Å²) in [6.45, 7) is 6.41. The second kappa shape index (κ2) is 10.7. The van der Waals surface area contributed by atoms with E-state index in [0.717, 1.165) is 29.9 Å². The lowest BCUT2D eigenvalue weighted by molar-refractivity contribution is -0.192. The number of aromatic nitrogens is 2. The van der Waals surface area contributed by atoms with Crippen molar-refractivity contribution in [1.82, 2.24) is 9.55 Å². The van der Waals surface area contributed by atoms with E-state index in [2.05, 4.69) is 31.1 Å². The molecule has 31 heavy (non-hydrogen) atoms. The van der Waals surface area contributed by atoms with Gasteiger partial charge in [0.05, 0.1) is 5.69 Å². The molecule has 2 aromatic rings. The number of aliphatic carboxylic acids is 1. The highest BCUT2D eigenvalue weighted by Gasteiger charge is 2.38. The number of carboxylic acid groups (broad SMARTS) is 1. The molecule has 6 nitrogen and oxygen atoms in total. The van der Waals surface area contributed by atoms with Gasteiger partial charge in [0, 0.05) is 29.0 Å². The number of imidazole rings is 1. The lowest BCUT2D eigenvalue weighted by Gasteiger charge is -2.25. The summed E-state index contributed by atoms with van der Waals surface area (Å²) in [4.78, 5) is 26.2. The van der Waals surface area contributed by atoms with Gasteiger partial charge >= 0.3 is 12.1 Å². The van der Waals surface area contributed by atoms with Gasteiger partial charge in [0.15, 0.2) is 0 Å². The normalized spacial score (nSPS) is 18.8. The van der Waals surface area contributed by atoms with Gasteiger partial charge in [-0.3, -0.25) is 10.1 Å². The van der Waals surface area contributed by atoms with Gasteiger partial charge in [-0.25, -0.2) is 9.78 Å². The molecule has 1 aromatic carbocycles. The van der Waals surface area contributed by atoms with Crippen LogP contribution in [-0.2, 0) is 9.59 Å². The van der Waals surface area contributed by atoms with Crippen molar-refractivity contribution >= 4 is 29.6 Å². The largest absolute Gasteiger partial charge is 0.490 e. The predicted octanol–water partition coefficient (Wildman–Crippen LogP) is 5.23. The van der Waals surface area contributed by atoms with Crippen molar-refractivity contribution in [2.75, 3.05) is 11.1 Å². The van der Waals surface area contributed by atoms with Crippen LogP contribution < -0.4 is 5.32 Å². The Morgan fingerprint density at radius 2 is 1.87 bits per heavy atom. The molecule has 3 rings (SSSR count). The van der Waals surface area contributed by atoms with Crippen molar-refractivity contribution in [3.8, 4) is 11.3 Å². The first kappa shape index (κ1) is 24.8. The number of benzene rings is 1. The fourth-order valence-electron chi connectivity index (χ4n) is 3.08. The molecule has 0 spiro atoms. The van der Waals surface area contributed by atoms with E-state index in [4.69, 9.17) is 9.90 Å². The van der Waals surface area contributed by atoms with E-state index in [9.17, 15) is 18.0 Å². The molecule has 0 radical (unpaired) electrons. The smallest absolute Gasteiger partial charge is 0.475 e. The molecule has 2 heterocycles. The molecule has 0 saturated carbocycles. The van der Waals surface area contributed by atoms with Crippen LogP contribution in [0.1, 0.15) is 39.7 Å². The second-order valence-electron chi connectivity index (χ2n) is 7.51. The minimum Gasteiger partial charge on any atom is -0.475 e. The molecular formula is C21H26F3N3O3S. The number of carbonyl (C=O) groups is 2. The molecule has 1 aromatic heterocycles. The molecule has 0 bridgehead atoms. The van der Waals surface area contributed by atoms with E-state index in [0.29, 0.717) is 11.2 Å². The molecule has 2 unspecified atom stereocenters. The third-order valence-electron chi connectivity index (χ3n) is 4.69. The van der Waals surface area contributed by atoms with Crippen LogP contribution in [0.2, 0.25) is 0 Å². The molecular weight excluding hydrogens is 431 g/mol. The zero-order valence-electron chi connectivity index (χ0n) is 17.5. The molecule has 2 N–H and O–H groups in total. The van der Waals surface area contributed by atoms with E-state index in [1.165, 1.54) is 0 Å². The van der Waals surface area contributed by atoms with Gasteiger partial charge in [0.2, 0.25) is 11.9 Å². The molecule has 1 saturated heterocycles. The number of hydrogen-bond donors (Lipinski definition) is 2. The van der Waals surface area contributed by atoms with Crippen LogP contribution in [0.3, 0.4) is 0 Å². The highest BCUT2D eigenvalue weighted by atomic mass is 32.2. The van der Waals surface area contributed by atoms with Crippen molar-refractivity contribution in [3.05, 3.63) is 36.5 Å². The van der Waals surface area contributed by atoms with Crippen LogP contribution in [-0.4, -0.2) is 43.7 Å². The van der Waals surface area contributed by atoms with Gasteiger partial charge in [-0.15, -0.1) is 0 Å². The third kappa shape index (κ3) is 7.30. The summed E-state index contributed by atoms with van der Waals surface area (Å²) in [7, 11) is 0. The van der Waals surface area contributed by atoms with Crippen molar-refractivity contribution in [2.24, 2.45) is 5.92 Å². The molecule has 0 aliphatic carbocycles. The summed E-state index contributed by atoms with van der Waals surface area (Å²) in [5, 5.41) is 10.8. The number of carboxylic acids is 1. The zero-order chi connectivity index (χ0) is 23.2. The summed E-state index contributed by atoms with van der Waals surface area (Å²) in [5.74, 6) is -0.840. The molecule has 2 atom stereocenters. The van der Waals surface area contributed by atoms with Gasteiger partial charge < -0.3 is 9.67 Å². The van der Waals surface area contributed by atoms with Crippen LogP contribution in [0.15, 0.2) is 36.5 Å². The first-order valence-electron chi connectivity index (χ1n) is 9.86. The predicted molar refractivity (Wildman–Crippen MR) is 115 cm³/mol. The number of thioether (sulfide) groups is 1. The number of rotatable bonds is 4. The fraction of sp³-hybridized carbons (Fsp3) is 0.476. The van der Waals surface area contributed by atoms with Crippen LogP contribution in [0.4, 0.5) is 19.1 Å². The average molecular weight is 458 g/mol. The number of hydrogen-bond acceptors (Lipinski definition) is 4. The molecule has 1 aliphatic heterocycles. The minimum absolute atomic E-state index is 0.0961. The van der Waals surface area contributed by atoms with Crippen molar-refractivity contribution < 1.29 is 27.9 Å². The Bertz CT molecular complexity index is 885. The van der Waals surface area contributed by atoms with Crippen molar-refractivity contribution in [1.29, 1.82) is 0 Å². The fourth-order valence-corrected chi connectivity index (χ4v) is 4.27. The topological polar surface area (TPSA) is 84.2 Å². The first-order valence-corrected chi connectivity index (χ1v) is 10.9. The Morgan fingerprint density at radius 3 is 2.39 bits per heavy atom. The first-order chi connectivity index (χ1) is 14.5. The van der Waals surface area contributed by atoms with Crippen molar-refractivity contribution in [3.63, 3.8) is 0 Å². The lowest BCUT2D eigenvalue weighted by Crippen LogP contribution is -2.29. The summed E-state index contributed by atoms with van der Waals surface area (Å²) in [6.07, 6.45) is -1.16. The van der Waals surface area contributed by atoms with E-state index in [1.807, 2.05) is 52.9 Å². The molecule has 1 aliphatic rings. The van der Waals surface area contributed by atoms with Crippen LogP contribution >= 0.6 is 11.8 Å². The average Bonchev–Trinajstić information content (AvgIpc) is 3.12. The van der Waals surface area contributed by atoms with Gasteiger partial charge in [-0.1, -0.05) is 37.3 Å². The van der Waals surface area contributed by atoms with E-state index < -0.39 is 12.1 Å². The Hall–Kier alpha value is -2.49. The molecule has 1 fully saturated rings. The van der Waals surface area contributed by atoms with Gasteiger partial charge in [0.1, 0.15) is 0 Å². The number of halogens is 3. The number of carbonyl (C=O) groups excluding carboxylic acids is 1. The third-order valence-corrected chi connectivity index (χ3v) is 5.92. The Kier molecular flexibility index (Phi) is 8.55. The summed E-state index contributed by atoms with van der Waals surface area (Å²) < 4.78 is 33.8. The number of amides is 1. The van der Waals surface area contributed by atoms with Gasteiger partial charge in [-0.2, -0.15) is 24.9 Å². The van der Waals surface area contributed by atoms with Gasteiger partial charge in [0.25, 0.3) is 0 Å². The highest BCUT2D eigenvalue weighted by molar-refractivity contribution is 7.99. The molecule has 1 amide bonds. The maximum atomic E-state index is 12.7. The van der Waals surface area contributed by atoms with E-state index in [-0.39, 0.29) is 17.9 Å². The van der Waals surface area contributed by atoms with Crippen LogP contribution in [0.25, 0.3) is 11.3 Å². The quantitative estimate of drug-likeness (QED) is 0.656. The standard InChI is InChI=1S/C19H25N3OS.C2HF3O2/c1-13(2)22-12-17(15-7-5-4-6-8-15)20-19(22)21-18(23)16-9-10-24-14(3)11-16;3-2(4,5)1(6)7/h4-8,12-14,16H,9-11H2,1-3H3,(H,20,21,23);(H,6,7). The zero-order valence-corrected chi connectivity index (χ0v) is 18.3. The number of anilines is 1. The number of alkyl halides is 3. The maximum Gasteiger partial charge on any atom is 0.490 e. The Morgan fingerprint density at radius 1 is 1.26 bits per heavy atom. The Balaban J connectivity index is 0.000000423. The van der Waals surface area contributed by atoms with Crippen molar-refractivity contribution in [2.45, 2.75) is 51.1 Å². The van der Waals surface area contributed by atoms with E-state index >= 15 is 0 Å². The molecule has 170 valence electrons. The highest BCUT2D eigenvalue weighted by Crippen LogP contribution is 2.31. The Labute approximate surface area is 183 Å². The van der Waals surface area contributed by atoms with Gasteiger partial charge in [-0.05, 0) is 32.4 Å². The lowest BCUT2D eigenvalue weighted by atomic mass is 9.99. The monoisotopic (exact) mass is 457 g/mol. The number of nitrogens with zero attached hydrogens (tertiary/aromatic N) is 2. The number of nitrogens with one attached hydrogen (secondary N) is 1. The van der Waals surface area contributed by atoms with E-state index in [1.54, 1.807) is 0 Å².